The molecule has 0 aliphatic heterocycles. The standard InChI is InChI=1S/C54H39N/c1-53(2)47-21-9-11-23-49(47)54(50-24-12-10-22-48(50)53)46-20-8-7-18-45(46)52-44(19-13-25-51(52)54)38-28-30-41(31-29-38)55(42-32-26-36-14-3-5-16-39(36)34-42)43-33-27-37-15-4-6-17-40(37)35-43/h3-35H,1-2H3. The zero-order valence-corrected chi connectivity index (χ0v) is 31.0. The molecule has 0 saturated heterocycles. The van der Waals surface area contributed by atoms with Crippen LogP contribution in [0.15, 0.2) is 200 Å². The van der Waals surface area contributed by atoms with Gasteiger partial charge in [0, 0.05) is 22.5 Å². The minimum absolute atomic E-state index is 0.120. The molecule has 0 bridgehead atoms. The second-order valence-electron chi connectivity index (χ2n) is 15.7. The molecule has 2 aliphatic carbocycles. The summed E-state index contributed by atoms with van der Waals surface area (Å²) in [5.41, 5.74) is 16.3. The third kappa shape index (κ3) is 4.53. The van der Waals surface area contributed by atoms with Crippen molar-refractivity contribution >= 4 is 38.6 Å². The van der Waals surface area contributed by atoms with E-state index in [4.69, 9.17) is 0 Å². The molecule has 9 aromatic rings. The molecule has 0 N–H and O–H groups in total. The van der Waals surface area contributed by atoms with Crippen molar-refractivity contribution in [1.29, 1.82) is 0 Å². The summed E-state index contributed by atoms with van der Waals surface area (Å²) in [5.74, 6) is 0. The number of hydrogen-bond donors (Lipinski definition) is 0. The minimum Gasteiger partial charge on any atom is -0.310 e. The van der Waals surface area contributed by atoms with Gasteiger partial charge in [-0.25, -0.2) is 0 Å². The highest BCUT2D eigenvalue weighted by molar-refractivity contribution is 5.97. The van der Waals surface area contributed by atoms with Gasteiger partial charge in [0.25, 0.3) is 0 Å². The van der Waals surface area contributed by atoms with Gasteiger partial charge < -0.3 is 4.90 Å². The maximum atomic E-state index is 2.39. The molecule has 11 rings (SSSR count). The van der Waals surface area contributed by atoms with Crippen LogP contribution in [0, 0.1) is 0 Å². The first-order valence-corrected chi connectivity index (χ1v) is 19.3. The third-order valence-corrected chi connectivity index (χ3v) is 12.5. The first kappa shape index (κ1) is 31.8. The fourth-order valence-corrected chi connectivity index (χ4v) is 10.0. The molecule has 0 heterocycles. The fraction of sp³-hybridized carbons (Fsp3) is 0.0741. The number of nitrogens with zero attached hydrogens (tertiary/aromatic N) is 1. The van der Waals surface area contributed by atoms with Crippen molar-refractivity contribution in [1.82, 2.24) is 0 Å². The molecule has 0 unspecified atom stereocenters. The van der Waals surface area contributed by atoms with E-state index in [-0.39, 0.29) is 5.41 Å². The Morgan fingerprint density at radius 2 is 0.764 bits per heavy atom. The fourth-order valence-electron chi connectivity index (χ4n) is 10.0. The molecule has 260 valence electrons. The number of anilines is 3. The van der Waals surface area contributed by atoms with E-state index < -0.39 is 5.41 Å². The molecule has 55 heavy (non-hydrogen) atoms. The predicted molar refractivity (Wildman–Crippen MR) is 231 cm³/mol. The van der Waals surface area contributed by atoms with Crippen LogP contribution in [0.4, 0.5) is 17.1 Å². The molecule has 1 heteroatoms. The lowest BCUT2D eigenvalue weighted by molar-refractivity contribution is 0.563. The number of hydrogen-bond acceptors (Lipinski definition) is 1. The maximum Gasteiger partial charge on any atom is 0.0719 e. The van der Waals surface area contributed by atoms with Crippen molar-refractivity contribution < 1.29 is 0 Å². The van der Waals surface area contributed by atoms with Gasteiger partial charge in [0.15, 0.2) is 0 Å². The zero-order chi connectivity index (χ0) is 36.7. The SMILES string of the molecule is CC1(C)c2ccccc2C2(c3ccccc3-c3c(-c4ccc(N(c5ccc6ccccc6c5)c5ccc6ccccc6c5)cc4)cccc32)c2ccccc21. The molecule has 1 spiro atoms. The second kappa shape index (κ2) is 11.9. The highest BCUT2D eigenvalue weighted by Gasteiger charge is 2.53. The van der Waals surface area contributed by atoms with Gasteiger partial charge in [0.1, 0.15) is 0 Å². The summed E-state index contributed by atoms with van der Waals surface area (Å²) in [6.45, 7) is 4.77. The highest BCUT2D eigenvalue weighted by atomic mass is 15.1. The van der Waals surface area contributed by atoms with Gasteiger partial charge in [-0.05, 0) is 114 Å². The Kier molecular flexibility index (Phi) is 6.88. The first-order valence-electron chi connectivity index (χ1n) is 19.3. The van der Waals surface area contributed by atoms with Crippen molar-refractivity contribution in [3.05, 3.63) is 234 Å². The van der Waals surface area contributed by atoms with E-state index in [0.29, 0.717) is 0 Å². The summed E-state index contributed by atoms with van der Waals surface area (Å²) < 4.78 is 0. The van der Waals surface area contributed by atoms with E-state index in [9.17, 15) is 0 Å². The third-order valence-electron chi connectivity index (χ3n) is 12.5. The van der Waals surface area contributed by atoms with Crippen LogP contribution in [-0.4, -0.2) is 0 Å². The Bertz CT molecular complexity index is 2840. The van der Waals surface area contributed by atoms with Crippen LogP contribution in [0.1, 0.15) is 47.2 Å². The van der Waals surface area contributed by atoms with Crippen LogP contribution in [0.25, 0.3) is 43.8 Å². The monoisotopic (exact) mass is 701 g/mol. The summed E-state index contributed by atoms with van der Waals surface area (Å²) in [6.07, 6.45) is 0. The average molecular weight is 702 g/mol. The highest BCUT2D eigenvalue weighted by Crippen LogP contribution is 2.63. The normalized spacial score (nSPS) is 14.3. The molecule has 0 fully saturated rings. The lowest BCUT2D eigenvalue weighted by atomic mass is 9.55. The lowest BCUT2D eigenvalue weighted by Gasteiger charge is -2.46. The Labute approximate surface area is 322 Å². The van der Waals surface area contributed by atoms with Crippen molar-refractivity contribution in [2.75, 3.05) is 4.90 Å². The van der Waals surface area contributed by atoms with E-state index >= 15 is 0 Å². The van der Waals surface area contributed by atoms with Crippen LogP contribution < -0.4 is 4.90 Å². The number of fused-ring (bicyclic) bond motifs is 11. The summed E-state index contributed by atoms with van der Waals surface area (Å²) in [4.78, 5) is 2.39. The molecule has 0 aromatic heterocycles. The zero-order valence-electron chi connectivity index (χ0n) is 31.0. The van der Waals surface area contributed by atoms with E-state index in [1.165, 1.54) is 77.2 Å². The average Bonchev–Trinajstić information content (AvgIpc) is 3.54. The van der Waals surface area contributed by atoms with Gasteiger partial charge in [-0.1, -0.05) is 178 Å². The van der Waals surface area contributed by atoms with Crippen molar-refractivity contribution in [2.45, 2.75) is 24.7 Å². The quantitative estimate of drug-likeness (QED) is 0.177. The number of rotatable bonds is 4. The molecule has 0 radical (unpaired) electrons. The van der Waals surface area contributed by atoms with Crippen molar-refractivity contribution in [2.24, 2.45) is 0 Å². The Balaban J connectivity index is 1.10. The largest absolute Gasteiger partial charge is 0.310 e. The molecular formula is C54H39N. The molecule has 1 nitrogen and oxygen atoms in total. The van der Waals surface area contributed by atoms with E-state index in [0.717, 1.165) is 17.1 Å². The summed E-state index contributed by atoms with van der Waals surface area (Å²) in [7, 11) is 0. The van der Waals surface area contributed by atoms with Crippen LogP contribution in [0.5, 0.6) is 0 Å². The lowest BCUT2D eigenvalue weighted by Crippen LogP contribution is -2.40. The van der Waals surface area contributed by atoms with E-state index in [1.54, 1.807) is 0 Å². The van der Waals surface area contributed by atoms with E-state index in [2.05, 4.69) is 219 Å². The molecular weight excluding hydrogens is 663 g/mol. The number of benzene rings is 9. The van der Waals surface area contributed by atoms with Gasteiger partial charge in [-0.3, -0.25) is 0 Å². The minimum atomic E-state index is -0.409. The smallest absolute Gasteiger partial charge is 0.0719 e. The summed E-state index contributed by atoms with van der Waals surface area (Å²) in [5, 5.41) is 4.93. The van der Waals surface area contributed by atoms with E-state index in [1.807, 2.05) is 0 Å². The summed E-state index contributed by atoms with van der Waals surface area (Å²) in [6, 6.07) is 74.5. The van der Waals surface area contributed by atoms with Crippen molar-refractivity contribution in [3.63, 3.8) is 0 Å². The Morgan fingerprint density at radius 1 is 0.327 bits per heavy atom. The molecule has 0 amide bonds. The maximum absolute atomic E-state index is 2.39. The van der Waals surface area contributed by atoms with Crippen LogP contribution in [0.3, 0.4) is 0 Å². The van der Waals surface area contributed by atoms with Gasteiger partial charge in [-0.2, -0.15) is 0 Å². The van der Waals surface area contributed by atoms with Gasteiger partial charge >= 0.3 is 0 Å². The van der Waals surface area contributed by atoms with Crippen LogP contribution in [0.2, 0.25) is 0 Å². The van der Waals surface area contributed by atoms with Crippen molar-refractivity contribution in [3.8, 4) is 22.3 Å². The van der Waals surface area contributed by atoms with Crippen LogP contribution in [-0.2, 0) is 10.8 Å². The van der Waals surface area contributed by atoms with Gasteiger partial charge in [-0.15, -0.1) is 0 Å². The summed E-state index contributed by atoms with van der Waals surface area (Å²) >= 11 is 0. The second-order valence-corrected chi connectivity index (χ2v) is 15.7. The van der Waals surface area contributed by atoms with Crippen LogP contribution >= 0.6 is 0 Å². The topological polar surface area (TPSA) is 3.24 Å². The predicted octanol–water partition coefficient (Wildman–Crippen LogP) is 14.1. The molecule has 0 saturated carbocycles. The Hall–Kier alpha value is -6.70. The van der Waals surface area contributed by atoms with Gasteiger partial charge in [0.05, 0.1) is 5.41 Å². The van der Waals surface area contributed by atoms with Gasteiger partial charge in [0.2, 0.25) is 0 Å². The molecule has 0 atom stereocenters. The molecule has 2 aliphatic rings. The first-order chi connectivity index (χ1) is 27.0. The molecule has 9 aromatic carbocycles. The Morgan fingerprint density at radius 3 is 1.35 bits per heavy atom.